The molecule has 0 saturated heterocycles. The van der Waals surface area contributed by atoms with Crippen LogP contribution in [0.4, 0.5) is 4.79 Å². The van der Waals surface area contributed by atoms with Gasteiger partial charge in [0.2, 0.25) is 0 Å². The van der Waals surface area contributed by atoms with Gasteiger partial charge in [0.15, 0.2) is 0 Å². The Balaban J connectivity index is 1.65. The minimum absolute atomic E-state index is 0.0520. The number of rotatable bonds is 5. The Morgan fingerprint density at radius 2 is 1.75 bits per heavy atom. The number of benzene rings is 1. The number of hydrogen-bond acceptors (Lipinski definition) is 2. The van der Waals surface area contributed by atoms with Gasteiger partial charge in [-0.1, -0.05) is 43.5 Å². The maximum absolute atomic E-state index is 11.7. The first-order chi connectivity index (χ1) is 9.78. The van der Waals surface area contributed by atoms with Crippen LogP contribution in [0, 0.1) is 0 Å². The zero-order chi connectivity index (χ0) is 14.2. The minimum Gasteiger partial charge on any atom is -0.392 e. The van der Waals surface area contributed by atoms with Crippen molar-refractivity contribution in [3.05, 3.63) is 35.4 Å². The minimum atomic E-state index is -0.0520. The third kappa shape index (κ3) is 4.85. The Bertz CT molecular complexity index is 411. The molecule has 1 aromatic carbocycles. The largest absolute Gasteiger partial charge is 0.392 e. The lowest BCUT2D eigenvalue weighted by atomic mass is 9.96. The van der Waals surface area contributed by atoms with E-state index in [0.717, 1.165) is 24.8 Å². The molecule has 0 unspecified atom stereocenters. The second kappa shape index (κ2) is 7.90. The molecule has 3 N–H and O–H groups in total. The van der Waals surface area contributed by atoms with E-state index in [1.165, 1.54) is 24.8 Å². The first-order valence-electron chi connectivity index (χ1n) is 7.51. The number of aliphatic hydroxyl groups excluding tert-OH is 1. The molecule has 0 aliphatic heterocycles. The van der Waals surface area contributed by atoms with E-state index in [-0.39, 0.29) is 12.6 Å². The fraction of sp³-hybridized carbons (Fsp3) is 0.562. The maximum atomic E-state index is 11.7. The molecule has 0 atom stereocenters. The van der Waals surface area contributed by atoms with Gasteiger partial charge in [-0.05, 0) is 30.4 Å². The van der Waals surface area contributed by atoms with Crippen molar-refractivity contribution < 1.29 is 9.90 Å². The van der Waals surface area contributed by atoms with E-state index in [2.05, 4.69) is 10.6 Å². The summed E-state index contributed by atoms with van der Waals surface area (Å²) in [7, 11) is 0. The van der Waals surface area contributed by atoms with Crippen LogP contribution in [0.2, 0.25) is 0 Å². The van der Waals surface area contributed by atoms with Crippen LogP contribution in [-0.4, -0.2) is 23.7 Å². The van der Waals surface area contributed by atoms with E-state index in [4.69, 9.17) is 5.11 Å². The Morgan fingerprint density at radius 3 is 2.40 bits per heavy atom. The molecule has 4 nitrogen and oxygen atoms in total. The fourth-order valence-corrected chi connectivity index (χ4v) is 2.62. The first kappa shape index (κ1) is 14.9. The van der Waals surface area contributed by atoms with E-state index in [1.807, 2.05) is 24.3 Å². The highest BCUT2D eigenvalue weighted by Gasteiger charge is 2.14. The summed E-state index contributed by atoms with van der Waals surface area (Å²) < 4.78 is 0. The van der Waals surface area contributed by atoms with Crippen LogP contribution in [-0.2, 0) is 13.0 Å². The van der Waals surface area contributed by atoms with Gasteiger partial charge in [-0.25, -0.2) is 4.79 Å². The monoisotopic (exact) mass is 276 g/mol. The van der Waals surface area contributed by atoms with Gasteiger partial charge in [-0.2, -0.15) is 0 Å². The van der Waals surface area contributed by atoms with Gasteiger partial charge >= 0.3 is 6.03 Å². The van der Waals surface area contributed by atoms with Gasteiger partial charge in [-0.3, -0.25) is 0 Å². The molecule has 110 valence electrons. The van der Waals surface area contributed by atoms with Gasteiger partial charge in [0.05, 0.1) is 6.61 Å². The van der Waals surface area contributed by atoms with Crippen molar-refractivity contribution in [2.24, 2.45) is 0 Å². The molecule has 0 heterocycles. The summed E-state index contributed by atoms with van der Waals surface area (Å²) in [5, 5.41) is 14.9. The number of hydrogen-bond donors (Lipinski definition) is 3. The topological polar surface area (TPSA) is 61.4 Å². The van der Waals surface area contributed by atoms with E-state index < -0.39 is 0 Å². The van der Waals surface area contributed by atoms with Crippen LogP contribution < -0.4 is 10.6 Å². The summed E-state index contributed by atoms with van der Waals surface area (Å²) in [5.74, 6) is 0. The van der Waals surface area contributed by atoms with Gasteiger partial charge in [-0.15, -0.1) is 0 Å². The maximum Gasteiger partial charge on any atom is 0.315 e. The molecule has 0 radical (unpaired) electrons. The molecular formula is C16H24N2O2. The summed E-state index contributed by atoms with van der Waals surface area (Å²) >= 11 is 0. The van der Waals surface area contributed by atoms with Gasteiger partial charge in [0.25, 0.3) is 0 Å². The van der Waals surface area contributed by atoms with Crippen LogP contribution in [0.5, 0.6) is 0 Å². The van der Waals surface area contributed by atoms with Crippen LogP contribution in [0.3, 0.4) is 0 Å². The Morgan fingerprint density at radius 1 is 1.10 bits per heavy atom. The van der Waals surface area contributed by atoms with E-state index in [0.29, 0.717) is 12.6 Å². The second-order valence-electron chi connectivity index (χ2n) is 5.46. The standard InChI is InChI=1S/C16H24N2O2/c19-12-14-8-6-13(7-9-14)10-11-17-16(20)18-15-4-2-1-3-5-15/h6-9,15,19H,1-5,10-12H2,(H2,17,18,20). The average molecular weight is 276 g/mol. The number of aliphatic hydroxyl groups is 1. The lowest BCUT2D eigenvalue weighted by Crippen LogP contribution is -2.43. The van der Waals surface area contributed by atoms with E-state index in [1.54, 1.807) is 0 Å². The molecule has 2 rings (SSSR count). The zero-order valence-corrected chi connectivity index (χ0v) is 11.9. The van der Waals surface area contributed by atoms with Crippen molar-refractivity contribution in [1.29, 1.82) is 0 Å². The molecule has 1 aliphatic carbocycles. The van der Waals surface area contributed by atoms with Crippen molar-refractivity contribution in [3.8, 4) is 0 Å². The van der Waals surface area contributed by atoms with Crippen molar-refractivity contribution in [3.63, 3.8) is 0 Å². The predicted molar refractivity (Wildman–Crippen MR) is 79.5 cm³/mol. The molecule has 0 aromatic heterocycles. The van der Waals surface area contributed by atoms with Crippen LogP contribution in [0.15, 0.2) is 24.3 Å². The zero-order valence-electron chi connectivity index (χ0n) is 11.9. The number of carbonyl (C=O) groups is 1. The van der Waals surface area contributed by atoms with Crippen molar-refractivity contribution in [2.75, 3.05) is 6.54 Å². The third-order valence-corrected chi connectivity index (χ3v) is 3.85. The Kier molecular flexibility index (Phi) is 5.87. The molecule has 1 fully saturated rings. The molecule has 0 spiro atoms. The Hall–Kier alpha value is -1.55. The van der Waals surface area contributed by atoms with Crippen LogP contribution in [0.1, 0.15) is 43.2 Å². The highest BCUT2D eigenvalue weighted by Crippen LogP contribution is 2.17. The Labute approximate surface area is 120 Å². The van der Waals surface area contributed by atoms with Crippen molar-refractivity contribution in [1.82, 2.24) is 10.6 Å². The average Bonchev–Trinajstić information content (AvgIpc) is 2.49. The SMILES string of the molecule is O=C(NCCc1ccc(CO)cc1)NC1CCCCC1. The number of nitrogens with one attached hydrogen (secondary N) is 2. The highest BCUT2D eigenvalue weighted by atomic mass is 16.3. The molecule has 1 aliphatic rings. The summed E-state index contributed by atoms with van der Waals surface area (Å²) in [6, 6.07) is 8.12. The van der Waals surface area contributed by atoms with Gasteiger partial charge in [0, 0.05) is 12.6 Å². The number of urea groups is 1. The van der Waals surface area contributed by atoms with Crippen molar-refractivity contribution in [2.45, 2.75) is 51.2 Å². The summed E-state index contributed by atoms with van der Waals surface area (Å²) in [5.41, 5.74) is 2.08. The van der Waals surface area contributed by atoms with Crippen LogP contribution >= 0.6 is 0 Å². The highest BCUT2D eigenvalue weighted by molar-refractivity contribution is 5.74. The molecule has 4 heteroatoms. The number of amides is 2. The third-order valence-electron chi connectivity index (χ3n) is 3.85. The van der Waals surface area contributed by atoms with Crippen molar-refractivity contribution >= 4 is 6.03 Å². The smallest absolute Gasteiger partial charge is 0.315 e. The van der Waals surface area contributed by atoms with Crippen LogP contribution in [0.25, 0.3) is 0 Å². The fourth-order valence-electron chi connectivity index (χ4n) is 2.62. The lowest BCUT2D eigenvalue weighted by Gasteiger charge is -2.22. The molecule has 1 saturated carbocycles. The van der Waals surface area contributed by atoms with E-state index in [9.17, 15) is 4.79 Å². The quantitative estimate of drug-likeness (QED) is 0.773. The lowest BCUT2D eigenvalue weighted by molar-refractivity contribution is 0.233. The summed E-state index contributed by atoms with van der Waals surface area (Å²) in [4.78, 5) is 11.7. The molecule has 2 amide bonds. The molecule has 0 bridgehead atoms. The van der Waals surface area contributed by atoms with Gasteiger partial charge < -0.3 is 15.7 Å². The summed E-state index contributed by atoms with van der Waals surface area (Å²) in [6.45, 7) is 0.708. The molecule has 1 aromatic rings. The predicted octanol–water partition coefficient (Wildman–Crippen LogP) is 2.35. The first-order valence-corrected chi connectivity index (χ1v) is 7.51. The number of carbonyl (C=O) groups excluding carboxylic acids is 1. The molecule has 20 heavy (non-hydrogen) atoms. The molecular weight excluding hydrogens is 252 g/mol. The second-order valence-corrected chi connectivity index (χ2v) is 5.46. The summed E-state index contributed by atoms with van der Waals surface area (Å²) in [6.07, 6.45) is 6.77. The normalized spacial score (nSPS) is 15.8. The van der Waals surface area contributed by atoms with Gasteiger partial charge in [0.1, 0.15) is 0 Å². The van der Waals surface area contributed by atoms with E-state index >= 15 is 0 Å².